The molecule has 4 nitrogen and oxygen atoms in total. The van der Waals surface area contributed by atoms with Crippen LogP contribution in [0.1, 0.15) is 42.3 Å². The SMILES string of the molecule is FC(F)Oc1ccc(OC(F)(F)F)cc1[C@@H]1CO[C@]2(CCCN[C@H]2c2ccccc2)C1. The van der Waals surface area contributed by atoms with Crippen molar-refractivity contribution in [1.29, 1.82) is 0 Å². The molecule has 2 aromatic rings. The van der Waals surface area contributed by atoms with E-state index in [1.54, 1.807) is 0 Å². The zero-order valence-electron chi connectivity index (χ0n) is 16.5. The van der Waals surface area contributed by atoms with Crippen LogP contribution in [0.5, 0.6) is 11.5 Å². The van der Waals surface area contributed by atoms with Crippen LogP contribution >= 0.6 is 0 Å². The van der Waals surface area contributed by atoms with Crippen molar-refractivity contribution in [2.45, 2.75) is 49.8 Å². The predicted octanol–water partition coefficient (Wildman–Crippen LogP) is 5.55. The van der Waals surface area contributed by atoms with Crippen molar-refractivity contribution >= 4 is 0 Å². The van der Waals surface area contributed by atoms with E-state index >= 15 is 0 Å². The van der Waals surface area contributed by atoms with E-state index in [1.807, 2.05) is 30.3 Å². The van der Waals surface area contributed by atoms with E-state index in [-0.39, 0.29) is 24.0 Å². The fourth-order valence-corrected chi connectivity index (χ4v) is 4.65. The summed E-state index contributed by atoms with van der Waals surface area (Å²) in [6.45, 7) is -2.11. The second-order valence-electron chi connectivity index (χ2n) is 7.80. The average molecular weight is 443 g/mol. The first-order chi connectivity index (χ1) is 14.8. The van der Waals surface area contributed by atoms with Crippen molar-refractivity contribution in [3.8, 4) is 11.5 Å². The molecule has 2 aromatic carbocycles. The number of hydrogen-bond donors (Lipinski definition) is 1. The molecule has 168 valence electrons. The highest BCUT2D eigenvalue weighted by atomic mass is 19.4. The summed E-state index contributed by atoms with van der Waals surface area (Å²) in [5.74, 6) is -1.07. The Morgan fingerprint density at radius 1 is 1.10 bits per heavy atom. The summed E-state index contributed by atoms with van der Waals surface area (Å²) < 4.78 is 78.7. The van der Waals surface area contributed by atoms with Gasteiger partial charge < -0.3 is 19.5 Å². The van der Waals surface area contributed by atoms with E-state index in [4.69, 9.17) is 4.74 Å². The quantitative estimate of drug-likeness (QED) is 0.615. The van der Waals surface area contributed by atoms with E-state index in [9.17, 15) is 22.0 Å². The van der Waals surface area contributed by atoms with Gasteiger partial charge in [-0.2, -0.15) is 8.78 Å². The molecule has 1 spiro atoms. The molecule has 1 N–H and O–H groups in total. The van der Waals surface area contributed by atoms with Gasteiger partial charge in [0.25, 0.3) is 0 Å². The molecule has 2 aliphatic rings. The Labute approximate surface area is 176 Å². The van der Waals surface area contributed by atoms with Crippen LogP contribution in [-0.2, 0) is 4.74 Å². The highest BCUT2D eigenvalue weighted by Gasteiger charge is 2.49. The van der Waals surface area contributed by atoms with Gasteiger partial charge in [-0.1, -0.05) is 30.3 Å². The lowest BCUT2D eigenvalue weighted by atomic mass is 9.77. The molecule has 0 aliphatic carbocycles. The summed E-state index contributed by atoms with van der Waals surface area (Å²) in [5.41, 5.74) is 0.671. The van der Waals surface area contributed by atoms with Gasteiger partial charge in [-0.05, 0) is 49.6 Å². The minimum Gasteiger partial charge on any atom is -0.435 e. The van der Waals surface area contributed by atoms with Crippen molar-refractivity contribution in [2.75, 3.05) is 13.2 Å². The maximum Gasteiger partial charge on any atom is 0.573 e. The van der Waals surface area contributed by atoms with Crippen LogP contribution in [0.15, 0.2) is 48.5 Å². The van der Waals surface area contributed by atoms with Gasteiger partial charge in [0.2, 0.25) is 0 Å². The highest BCUT2D eigenvalue weighted by molar-refractivity contribution is 5.44. The molecule has 2 saturated heterocycles. The molecule has 3 atom stereocenters. The van der Waals surface area contributed by atoms with Crippen LogP contribution in [-0.4, -0.2) is 31.7 Å². The normalized spacial score (nSPS) is 26.4. The molecule has 2 heterocycles. The van der Waals surface area contributed by atoms with Crippen molar-refractivity contribution in [2.24, 2.45) is 0 Å². The number of piperidine rings is 1. The van der Waals surface area contributed by atoms with Crippen LogP contribution in [0.25, 0.3) is 0 Å². The molecule has 0 radical (unpaired) electrons. The van der Waals surface area contributed by atoms with Gasteiger partial charge in [-0.25, -0.2) is 0 Å². The lowest BCUT2D eigenvalue weighted by Gasteiger charge is -2.41. The Morgan fingerprint density at radius 2 is 1.87 bits per heavy atom. The first-order valence-electron chi connectivity index (χ1n) is 10.0. The van der Waals surface area contributed by atoms with Gasteiger partial charge in [0, 0.05) is 11.5 Å². The molecule has 0 unspecified atom stereocenters. The Balaban J connectivity index is 1.64. The third-order valence-electron chi connectivity index (χ3n) is 5.82. The lowest BCUT2D eigenvalue weighted by Crippen LogP contribution is -2.48. The summed E-state index contributed by atoms with van der Waals surface area (Å²) in [5, 5.41) is 3.48. The minimum atomic E-state index is -4.89. The van der Waals surface area contributed by atoms with Crippen molar-refractivity contribution in [3.05, 3.63) is 59.7 Å². The van der Waals surface area contributed by atoms with E-state index < -0.39 is 30.2 Å². The van der Waals surface area contributed by atoms with Gasteiger partial charge >= 0.3 is 13.0 Å². The smallest absolute Gasteiger partial charge is 0.435 e. The van der Waals surface area contributed by atoms with Crippen LogP contribution in [0.4, 0.5) is 22.0 Å². The molecule has 0 amide bonds. The van der Waals surface area contributed by atoms with Crippen molar-refractivity contribution in [3.63, 3.8) is 0 Å². The van der Waals surface area contributed by atoms with Crippen LogP contribution in [0.2, 0.25) is 0 Å². The molecule has 2 aliphatic heterocycles. The van der Waals surface area contributed by atoms with Gasteiger partial charge in [-0.3, -0.25) is 0 Å². The van der Waals surface area contributed by atoms with Gasteiger partial charge in [-0.15, -0.1) is 13.2 Å². The highest BCUT2D eigenvalue weighted by Crippen LogP contribution is 2.50. The van der Waals surface area contributed by atoms with Gasteiger partial charge in [0.1, 0.15) is 11.5 Å². The van der Waals surface area contributed by atoms with Gasteiger partial charge in [0.05, 0.1) is 18.2 Å². The molecule has 0 saturated carbocycles. The Hall–Kier alpha value is -2.39. The third-order valence-corrected chi connectivity index (χ3v) is 5.82. The fraction of sp³-hybridized carbons (Fsp3) is 0.455. The maximum atomic E-state index is 12.9. The average Bonchev–Trinajstić information content (AvgIpc) is 3.12. The van der Waals surface area contributed by atoms with Crippen molar-refractivity contribution in [1.82, 2.24) is 5.32 Å². The van der Waals surface area contributed by atoms with Gasteiger partial charge in [0.15, 0.2) is 0 Å². The molecule has 0 bridgehead atoms. The number of halogens is 5. The largest absolute Gasteiger partial charge is 0.573 e. The summed E-state index contributed by atoms with van der Waals surface area (Å²) in [7, 11) is 0. The summed E-state index contributed by atoms with van der Waals surface area (Å²) >= 11 is 0. The number of rotatable bonds is 5. The minimum absolute atomic E-state index is 0.110. The fourth-order valence-electron chi connectivity index (χ4n) is 4.65. The number of alkyl halides is 5. The Morgan fingerprint density at radius 3 is 2.58 bits per heavy atom. The second kappa shape index (κ2) is 8.63. The number of benzene rings is 2. The van der Waals surface area contributed by atoms with E-state index in [0.29, 0.717) is 6.42 Å². The number of nitrogens with one attached hydrogen (secondary N) is 1. The number of ether oxygens (including phenoxy) is 3. The zero-order valence-corrected chi connectivity index (χ0v) is 16.5. The first kappa shape index (κ1) is 21.8. The monoisotopic (exact) mass is 443 g/mol. The summed E-state index contributed by atoms with van der Waals surface area (Å²) in [6.07, 6.45) is -2.82. The predicted molar refractivity (Wildman–Crippen MR) is 102 cm³/mol. The maximum absolute atomic E-state index is 12.9. The molecule has 0 aromatic heterocycles. The topological polar surface area (TPSA) is 39.7 Å². The Kier molecular flexibility index (Phi) is 6.07. The van der Waals surface area contributed by atoms with E-state index in [2.05, 4.69) is 14.8 Å². The summed E-state index contributed by atoms with van der Waals surface area (Å²) in [6, 6.07) is 12.8. The zero-order chi connectivity index (χ0) is 22.1. The van der Waals surface area contributed by atoms with E-state index in [0.717, 1.165) is 43.1 Å². The third kappa shape index (κ3) is 4.93. The number of hydrogen-bond acceptors (Lipinski definition) is 4. The molecule has 9 heteroatoms. The second-order valence-corrected chi connectivity index (χ2v) is 7.80. The summed E-state index contributed by atoms with van der Waals surface area (Å²) in [4.78, 5) is 0. The standard InChI is InChI=1S/C22H22F5NO3/c23-20(24)30-18-8-7-16(31-22(25,26)27)11-17(18)15-12-21(29-13-15)9-4-10-28-19(21)14-5-2-1-3-6-14/h1-3,5-8,11,15,19-20,28H,4,9-10,12-13H2/t15-,19-,21+/m0/s1. The van der Waals surface area contributed by atoms with Crippen LogP contribution in [0.3, 0.4) is 0 Å². The Bertz CT molecular complexity index is 892. The molecule has 2 fully saturated rings. The first-order valence-corrected chi connectivity index (χ1v) is 10.0. The molecular formula is C22H22F5NO3. The van der Waals surface area contributed by atoms with Crippen LogP contribution in [0, 0.1) is 0 Å². The molecule has 4 rings (SSSR count). The lowest BCUT2D eigenvalue weighted by molar-refractivity contribution is -0.274. The van der Waals surface area contributed by atoms with Crippen molar-refractivity contribution < 1.29 is 36.2 Å². The van der Waals surface area contributed by atoms with E-state index in [1.165, 1.54) is 0 Å². The molecule has 31 heavy (non-hydrogen) atoms. The molecular weight excluding hydrogens is 421 g/mol. The van der Waals surface area contributed by atoms with Crippen LogP contribution < -0.4 is 14.8 Å².